The van der Waals surface area contributed by atoms with E-state index in [1.165, 1.54) is 12.1 Å². The predicted octanol–water partition coefficient (Wildman–Crippen LogP) is 0.737. The minimum Gasteiger partial charge on any atom is -0.369 e. The number of halogens is 1. The number of hydrogen-bond donors (Lipinski definition) is 2. The van der Waals surface area contributed by atoms with Gasteiger partial charge in [0.05, 0.1) is 5.92 Å². The van der Waals surface area contributed by atoms with E-state index in [2.05, 4.69) is 0 Å². The first-order chi connectivity index (χ1) is 7.04. The van der Waals surface area contributed by atoms with E-state index >= 15 is 0 Å². The van der Waals surface area contributed by atoms with E-state index in [9.17, 15) is 9.18 Å². The van der Waals surface area contributed by atoms with Crippen molar-refractivity contribution >= 4 is 5.91 Å². The highest BCUT2D eigenvalue weighted by molar-refractivity contribution is 5.77. The fraction of sp³-hybridized carbons (Fsp3) is 0.364. The zero-order valence-corrected chi connectivity index (χ0v) is 8.66. The van der Waals surface area contributed by atoms with Crippen molar-refractivity contribution in [2.75, 3.05) is 6.54 Å². The van der Waals surface area contributed by atoms with Crippen LogP contribution in [-0.4, -0.2) is 12.5 Å². The van der Waals surface area contributed by atoms with Crippen LogP contribution in [0.15, 0.2) is 18.2 Å². The fourth-order valence-electron chi connectivity index (χ4n) is 1.43. The number of carbonyl (C=O) groups is 1. The molecule has 3 nitrogen and oxygen atoms in total. The Labute approximate surface area is 88.3 Å². The van der Waals surface area contributed by atoms with Crippen LogP contribution in [0.25, 0.3) is 0 Å². The van der Waals surface area contributed by atoms with Gasteiger partial charge in [-0.1, -0.05) is 6.07 Å². The first-order valence-electron chi connectivity index (χ1n) is 4.79. The van der Waals surface area contributed by atoms with Crippen LogP contribution in [0, 0.1) is 18.7 Å². The van der Waals surface area contributed by atoms with Gasteiger partial charge in [0.1, 0.15) is 5.82 Å². The van der Waals surface area contributed by atoms with Gasteiger partial charge in [-0.05, 0) is 36.6 Å². The van der Waals surface area contributed by atoms with Gasteiger partial charge in [-0.15, -0.1) is 0 Å². The average molecular weight is 210 g/mol. The molecule has 82 valence electrons. The van der Waals surface area contributed by atoms with E-state index in [1.54, 1.807) is 6.07 Å². The molecule has 0 aromatic heterocycles. The highest BCUT2D eigenvalue weighted by atomic mass is 19.1. The van der Waals surface area contributed by atoms with E-state index in [-0.39, 0.29) is 12.4 Å². The maximum atomic E-state index is 13.0. The van der Waals surface area contributed by atoms with Crippen molar-refractivity contribution in [3.8, 4) is 0 Å². The molecule has 0 aliphatic heterocycles. The number of primary amides is 1. The van der Waals surface area contributed by atoms with Gasteiger partial charge >= 0.3 is 0 Å². The van der Waals surface area contributed by atoms with Crippen LogP contribution < -0.4 is 11.5 Å². The number of amides is 1. The summed E-state index contributed by atoms with van der Waals surface area (Å²) in [6.45, 7) is 2.05. The van der Waals surface area contributed by atoms with Crippen molar-refractivity contribution < 1.29 is 9.18 Å². The van der Waals surface area contributed by atoms with Crippen LogP contribution in [0.2, 0.25) is 0 Å². The van der Waals surface area contributed by atoms with Crippen molar-refractivity contribution in [3.63, 3.8) is 0 Å². The van der Waals surface area contributed by atoms with Gasteiger partial charge in [0, 0.05) is 6.54 Å². The second-order valence-electron chi connectivity index (χ2n) is 3.61. The first kappa shape index (κ1) is 11.7. The molecule has 0 spiro atoms. The fourth-order valence-corrected chi connectivity index (χ4v) is 1.43. The minimum absolute atomic E-state index is 0.186. The molecule has 0 aliphatic rings. The lowest BCUT2D eigenvalue weighted by Crippen LogP contribution is -2.31. The third-order valence-corrected chi connectivity index (χ3v) is 2.46. The molecule has 0 saturated carbocycles. The van der Waals surface area contributed by atoms with Gasteiger partial charge in [0.15, 0.2) is 0 Å². The summed E-state index contributed by atoms with van der Waals surface area (Å²) in [4.78, 5) is 11.0. The second-order valence-corrected chi connectivity index (χ2v) is 3.61. The van der Waals surface area contributed by atoms with Crippen LogP contribution in [0.3, 0.4) is 0 Å². The minimum atomic E-state index is -0.443. The van der Waals surface area contributed by atoms with Gasteiger partial charge < -0.3 is 11.5 Å². The molecule has 1 amide bonds. The Morgan fingerprint density at radius 1 is 1.53 bits per heavy atom. The standard InChI is InChI=1S/C11H15FN2O/c1-7-2-3-10(12)5-8(7)4-9(6-13)11(14)15/h2-3,5,9H,4,6,13H2,1H3,(H2,14,15). The number of benzene rings is 1. The highest BCUT2D eigenvalue weighted by Gasteiger charge is 2.15. The topological polar surface area (TPSA) is 69.1 Å². The summed E-state index contributed by atoms with van der Waals surface area (Å²) in [6.07, 6.45) is 0.398. The number of nitrogens with two attached hydrogens (primary N) is 2. The van der Waals surface area contributed by atoms with Crippen molar-refractivity contribution in [2.24, 2.45) is 17.4 Å². The summed E-state index contributed by atoms with van der Waals surface area (Å²) < 4.78 is 13.0. The summed E-state index contributed by atoms with van der Waals surface area (Å²) in [6, 6.07) is 4.49. The molecule has 1 rings (SSSR count). The van der Waals surface area contributed by atoms with Gasteiger partial charge in [-0.25, -0.2) is 4.39 Å². The SMILES string of the molecule is Cc1ccc(F)cc1CC(CN)C(N)=O. The van der Waals surface area contributed by atoms with Crippen LogP contribution >= 0.6 is 0 Å². The van der Waals surface area contributed by atoms with Gasteiger partial charge in [0.25, 0.3) is 0 Å². The molecular weight excluding hydrogens is 195 g/mol. The molecule has 4 heteroatoms. The van der Waals surface area contributed by atoms with Crippen molar-refractivity contribution in [3.05, 3.63) is 35.1 Å². The Morgan fingerprint density at radius 3 is 2.73 bits per heavy atom. The average Bonchev–Trinajstić information content (AvgIpc) is 2.18. The lowest BCUT2D eigenvalue weighted by Gasteiger charge is -2.12. The van der Waals surface area contributed by atoms with Crippen molar-refractivity contribution in [1.82, 2.24) is 0 Å². The van der Waals surface area contributed by atoms with E-state index < -0.39 is 11.8 Å². The quantitative estimate of drug-likeness (QED) is 0.769. The van der Waals surface area contributed by atoms with Crippen LogP contribution in [0.5, 0.6) is 0 Å². The lowest BCUT2D eigenvalue weighted by atomic mass is 9.95. The van der Waals surface area contributed by atoms with Crippen molar-refractivity contribution in [1.29, 1.82) is 0 Å². The molecule has 0 saturated heterocycles. The Bertz CT molecular complexity index is 366. The van der Waals surface area contributed by atoms with Gasteiger partial charge in [-0.2, -0.15) is 0 Å². The second kappa shape index (κ2) is 4.89. The molecule has 0 bridgehead atoms. The first-order valence-corrected chi connectivity index (χ1v) is 4.79. The maximum Gasteiger partial charge on any atom is 0.222 e. The molecule has 0 radical (unpaired) electrons. The van der Waals surface area contributed by atoms with Gasteiger partial charge in [0.2, 0.25) is 5.91 Å². The van der Waals surface area contributed by atoms with E-state index in [0.717, 1.165) is 11.1 Å². The molecule has 15 heavy (non-hydrogen) atoms. The molecule has 1 aromatic carbocycles. The summed E-state index contributed by atoms with van der Waals surface area (Å²) in [7, 11) is 0. The third-order valence-electron chi connectivity index (χ3n) is 2.46. The molecule has 0 fully saturated rings. The summed E-state index contributed by atoms with van der Waals surface area (Å²) >= 11 is 0. The molecule has 1 aromatic rings. The molecule has 1 atom stereocenters. The monoisotopic (exact) mass is 210 g/mol. The zero-order valence-electron chi connectivity index (χ0n) is 8.66. The van der Waals surface area contributed by atoms with Crippen LogP contribution in [0.4, 0.5) is 4.39 Å². The Balaban J connectivity index is 2.87. The predicted molar refractivity (Wildman–Crippen MR) is 56.6 cm³/mol. The Kier molecular flexibility index (Phi) is 3.80. The van der Waals surface area contributed by atoms with E-state index in [0.29, 0.717) is 6.42 Å². The third kappa shape index (κ3) is 3.02. The number of hydrogen-bond acceptors (Lipinski definition) is 2. The zero-order chi connectivity index (χ0) is 11.4. The lowest BCUT2D eigenvalue weighted by molar-refractivity contribution is -0.121. The summed E-state index contributed by atoms with van der Waals surface area (Å²) in [5.41, 5.74) is 12.3. The number of aryl methyl sites for hydroxylation is 1. The van der Waals surface area contributed by atoms with Crippen LogP contribution in [-0.2, 0) is 11.2 Å². The van der Waals surface area contributed by atoms with E-state index in [4.69, 9.17) is 11.5 Å². The molecule has 1 unspecified atom stereocenters. The smallest absolute Gasteiger partial charge is 0.222 e. The maximum absolute atomic E-state index is 13.0. The highest BCUT2D eigenvalue weighted by Crippen LogP contribution is 2.14. The molecular formula is C11H15FN2O. The summed E-state index contributed by atoms with van der Waals surface area (Å²) in [5.74, 6) is -1.18. The largest absolute Gasteiger partial charge is 0.369 e. The molecule has 0 heterocycles. The molecule has 4 N–H and O–H groups in total. The Morgan fingerprint density at radius 2 is 2.20 bits per heavy atom. The van der Waals surface area contributed by atoms with Gasteiger partial charge in [-0.3, -0.25) is 4.79 Å². The van der Waals surface area contributed by atoms with Crippen LogP contribution in [0.1, 0.15) is 11.1 Å². The normalized spacial score (nSPS) is 12.5. The van der Waals surface area contributed by atoms with E-state index in [1.807, 2.05) is 6.92 Å². The molecule has 0 aliphatic carbocycles. The van der Waals surface area contributed by atoms with Crippen molar-refractivity contribution in [2.45, 2.75) is 13.3 Å². The number of carbonyl (C=O) groups excluding carboxylic acids is 1. The Hall–Kier alpha value is -1.42. The summed E-state index contributed by atoms with van der Waals surface area (Å²) in [5, 5.41) is 0. The number of rotatable bonds is 4.